The predicted octanol–water partition coefficient (Wildman–Crippen LogP) is 3.24. The van der Waals surface area contributed by atoms with Gasteiger partial charge >= 0.3 is 0 Å². The summed E-state index contributed by atoms with van der Waals surface area (Å²) in [6.45, 7) is 1.32. The van der Waals surface area contributed by atoms with E-state index in [0.29, 0.717) is 54.2 Å². The van der Waals surface area contributed by atoms with E-state index in [2.05, 4.69) is 15.1 Å². The van der Waals surface area contributed by atoms with Crippen LogP contribution in [0.15, 0.2) is 47.2 Å². The van der Waals surface area contributed by atoms with Crippen molar-refractivity contribution in [3.8, 4) is 22.9 Å². The Kier molecular flexibility index (Phi) is 5.92. The van der Waals surface area contributed by atoms with Gasteiger partial charge in [0, 0.05) is 37.5 Å². The Bertz CT molecular complexity index is 975. The molecule has 1 aromatic carbocycles. The third-order valence-electron chi connectivity index (χ3n) is 5.39. The lowest BCUT2D eigenvalue weighted by Gasteiger charge is -2.32. The van der Waals surface area contributed by atoms with Crippen molar-refractivity contribution in [2.45, 2.75) is 19.3 Å². The van der Waals surface area contributed by atoms with E-state index in [1.54, 1.807) is 38.7 Å². The Labute approximate surface area is 174 Å². The Morgan fingerprint density at radius 3 is 2.50 bits per heavy atom. The van der Waals surface area contributed by atoms with Crippen molar-refractivity contribution in [2.75, 3.05) is 27.3 Å². The summed E-state index contributed by atoms with van der Waals surface area (Å²) in [5, 5.41) is 4.05. The molecule has 8 heteroatoms. The van der Waals surface area contributed by atoms with Crippen molar-refractivity contribution in [3.05, 3.63) is 54.2 Å². The number of amides is 1. The second-order valence-corrected chi connectivity index (χ2v) is 7.23. The molecule has 8 nitrogen and oxygen atoms in total. The van der Waals surface area contributed by atoms with Gasteiger partial charge in [0.15, 0.2) is 0 Å². The molecule has 2 aromatic heterocycles. The lowest BCUT2D eigenvalue weighted by molar-refractivity contribution is 0.0680. The van der Waals surface area contributed by atoms with E-state index >= 15 is 0 Å². The van der Waals surface area contributed by atoms with Crippen molar-refractivity contribution in [3.63, 3.8) is 0 Å². The molecule has 3 heterocycles. The molecular weight excluding hydrogens is 384 g/mol. The van der Waals surface area contributed by atoms with Gasteiger partial charge in [-0.05, 0) is 43.0 Å². The number of methoxy groups -OCH3 is 2. The monoisotopic (exact) mass is 408 g/mol. The minimum absolute atomic E-state index is 0.0700. The second-order valence-electron chi connectivity index (χ2n) is 7.23. The number of aromatic nitrogens is 3. The molecule has 0 bridgehead atoms. The van der Waals surface area contributed by atoms with Gasteiger partial charge in [0.1, 0.15) is 17.1 Å². The third-order valence-corrected chi connectivity index (χ3v) is 5.39. The summed E-state index contributed by atoms with van der Waals surface area (Å²) >= 11 is 0. The van der Waals surface area contributed by atoms with Gasteiger partial charge in [-0.1, -0.05) is 11.2 Å². The van der Waals surface area contributed by atoms with Gasteiger partial charge in [-0.15, -0.1) is 0 Å². The van der Waals surface area contributed by atoms with Crippen LogP contribution in [0.2, 0.25) is 0 Å². The van der Waals surface area contributed by atoms with Crippen molar-refractivity contribution < 1.29 is 18.8 Å². The maximum Gasteiger partial charge on any atom is 0.261 e. The Balaban J connectivity index is 1.38. The Morgan fingerprint density at radius 1 is 1.13 bits per heavy atom. The number of pyridine rings is 1. The number of piperidine rings is 1. The van der Waals surface area contributed by atoms with Crippen molar-refractivity contribution >= 4 is 5.91 Å². The SMILES string of the molecule is COc1cccc(OC)c1C(=O)N1CCC(Cc2nc(-c3cccnc3)no2)CC1. The molecule has 3 aromatic rings. The van der Waals surface area contributed by atoms with E-state index in [9.17, 15) is 4.79 Å². The van der Waals surface area contributed by atoms with Crippen molar-refractivity contribution in [1.82, 2.24) is 20.0 Å². The highest BCUT2D eigenvalue weighted by atomic mass is 16.5. The zero-order valence-corrected chi connectivity index (χ0v) is 17.1. The molecule has 1 amide bonds. The minimum atomic E-state index is -0.0700. The molecular formula is C22H24N4O4. The summed E-state index contributed by atoms with van der Waals surface area (Å²) in [4.78, 5) is 23.5. The molecule has 0 N–H and O–H groups in total. The first-order chi connectivity index (χ1) is 14.7. The molecule has 1 aliphatic rings. The van der Waals surface area contributed by atoms with E-state index in [1.807, 2.05) is 23.1 Å². The average molecular weight is 408 g/mol. The molecule has 0 atom stereocenters. The van der Waals surface area contributed by atoms with Crippen LogP contribution >= 0.6 is 0 Å². The van der Waals surface area contributed by atoms with E-state index in [-0.39, 0.29) is 5.91 Å². The number of likely N-dealkylation sites (tertiary alicyclic amines) is 1. The first-order valence-corrected chi connectivity index (χ1v) is 9.93. The highest BCUT2D eigenvalue weighted by Gasteiger charge is 2.28. The molecule has 1 saturated heterocycles. The number of nitrogens with zero attached hydrogens (tertiary/aromatic N) is 4. The van der Waals surface area contributed by atoms with Gasteiger partial charge in [0.2, 0.25) is 11.7 Å². The van der Waals surface area contributed by atoms with Crippen LogP contribution in [0.1, 0.15) is 29.1 Å². The summed E-state index contributed by atoms with van der Waals surface area (Å²) in [6, 6.07) is 9.10. The van der Waals surface area contributed by atoms with Gasteiger partial charge in [-0.2, -0.15) is 4.98 Å². The second kappa shape index (κ2) is 8.94. The zero-order chi connectivity index (χ0) is 20.9. The van der Waals surface area contributed by atoms with Gasteiger partial charge in [-0.25, -0.2) is 0 Å². The van der Waals surface area contributed by atoms with E-state index in [4.69, 9.17) is 14.0 Å². The number of hydrogen-bond acceptors (Lipinski definition) is 7. The first-order valence-electron chi connectivity index (χ1n) is 9.93. The molecule has 0 spiro atoms. The minimum Gasteiger partial charge on any atom is -0.496 e. The Hall–Kier alpha value is -3.42. The summed E-state index contributed by atoms with van der Waals surface area (Å²) < 4.78 is 16.2. The molecule has 30 heavy (non-hydrogen) atoms. The molecule has 0 aliphatic carbocycles. The predicted molar refractivity (Wildman–Crippen MR) is 109 cm³/mol. The van der Waals surface area contributed by atoms with Crippen LogP contribution in [0.4, 0.5) is 0 Å². The number of rotatable bonds is 6. The molecule has 0 saturated carbocycles. The fourth-order valence-electron chi connectivity index (χ4n) is 3.76. The standard InChI is InChI=1S/C22H24N4O4/c1-28-17-6-3-7-18(29-2)20(17)22(27)26-11-8-15(9-12-26)13-19-24-21(25-30-19)16-5-4-10-23-14-16/h3-7,10,14-15H,8-9,11-13H2,1-2H3. The smallest absolute Gasteiger partial charge is 0.261 e. The topological polar surface area (TPSA) is 90.6 Å². The van der Waals surface area contributed by atoms with Crippen molar-refractivity contribution in [2.24, 2.45) is 5.92 Å². The van der Waals surface area contributed by atoms with E-state index < -0.39 is 0 Å². The molecule has 1 aliphatic heterocycles. The van der Waals surface area contributed by atoms with Gasteiger partial charge in [-0.3, -0.25) is 9.78 Å². The lowest BCUT2D eigenvalue weighted by Crippen LogP contribution is -2.39. The Morgan fingerprint density at radius 2 is 1.87 bits per heavy atom. The van der Waals surface area contributed by atoms with Crippen LogP contribution in [0.5, 0.6) is 11.5 Å². The van der Waals surface area contributed by atoms with Gasteiger partial charge < -0.3 is 18.9 Å². The number of ether oxygens (including phenoxy) is 2. The quantitative estimate of drug-likeness (QED) is 0.618. The normalized spacial score (nSPS) is 14.5. The fraction of sp³-hybridized carbons (Fsp3) is 0.364. The van der Waals surface area contributed by atoms with Crippen LogP contribution in [0.25, 0.3) is 11.4 Å². The summed E-state index contributed by atoms with van der Waals surface area (Å²) in [5.74, 6) is 2.53. The van der Waals surface area contributed by atoms with Gasteiger partial charge in [0.25, 0.3) is 5.91 Å². The number of hydrogen-bond donors (Lipinski definition) is 0. The maximum absolute atomic E-state index is 13.1. The van der Waals surface area contributed by atoms with E-state index in [0.717, 1.165) is 18.4 Å². The highest BCUT2D eigenvalue weighted by Crippen LogP contribution is 2.31. The van der Waals surface area contributed by atoms with Crippen LogP contribution in [-0.2, 0) is 6.42 Å². The molecule has 4 rings (SSSR count). The molecule has 156 valence electrons. The maximum atomic E-state index is 13.1. The number of benzene rings is 1. The highest BCUT2D eigenvalue weighted by molar-refractivity contribution is 5.99. The van der Waals surface area contributed by atoms with E-state index in [1.165, 1.54) is 0 Å². The summed E-state index contributed by atoms with van der Waals surface area (Å²) in [5.41, 5.74) is 1.30. The largest absolute Gasteiger partial charge is 0.496 e. The fourth-order valence-corrected chi connectivity index (χ4v) is 3.76. The molecule has 1 fully saturated rings. The number of carbonyl (C=O) groups excluding carboxylic acids is 1. The zero-order valence-electron chi connectivity index (χ0n) is 17.1. The molecule has 0 unspecified atom stereocenters. The third kappa shape index (κ3) is 4.12. The van der Waals surface area contributed by atoms with Crippen LogP contribution in [0, 0.1) is 5.92 Å². The van der Waals surface area contributed by atoms with Crippen LogP contribution < -0.4 is 9.47 Å². The van der Waals surface area contributed by atoms with Crippen molar-refractivity contribution in [1.29, 1.82) is 0 Å². The van der Waals surface area contributed by atoms with Crippen LogP contribution in [0.3, 0.4) is 0 Å². The number of carbonyl (C=O) groups is 1. The lowest BCUT2D eigenvalue weighted by atomic mass is 9.93. The molecule has 0 radical (unpaired) electrons. The van der Waals surface area contributed by atoms with Crippen LogP contribution in [-0.4, -0.2) is 53.2 Å². The first kappa shape index (κ1) is 19.9. The summed E-state index contributed by atoms with van der Waals surface area (Å²) in [6.07, 6.45) is 5.86. The summed E-state index contributed by atoms with van der Waals surface area (Å²) in [7, 11) is 3.11. The average Bonchev–Trinajstić information content (AvgIpc) is 3.27. The van der Waals surface area contributed by atoms with Gasteiger partial charge in [0.05, 0.1) is 14.2 Å².